The highest BCUT2D eigenvalue weighted by Gasteiger charge is 2.44. The summed E-state index contributed by atoms with van der Waals surface area (Å²) in [4.78, 5) is 29.0. The van der Waals surface area contributed by atoms with E-state index in [1.54, 1.807) is 0 Å². The van der Waals surface area contributed by atoms with Crippen molar-refractivity contribution in [1.82, 2.24) is 10.3 Å². The molecule has 32 heavy (non-hydrogen) atoms. The van der Waals surface area contributed by atoms with Crippen molar-refractivity contribution in [2.45, 2.75) is 25.7 Å². The van der Waals surface area contributed by atoms with E-state index in [2.05, 4.69) is 58.8 Å². The first-order valence-corrected chi connectivity index (χ1v) is 11.4. The molecule has 3 aromatic carbocycles. The smallest absolute Gasteiger partial charge is 0.227 e. The molecular formula is C26H21N3O2S. The van der Waals surface area contributed by atoms with Crippen molar-refractivity contribution in [3.63, 3.8) is 0 Å². The highest BCUT2D eigenvalue weighted by atomic mass is 32.1. The lowest BCUT2D eigenvalue weighted by Gasteiger charge is -2.06. The molecule has 6 heteroatoms. The monoisotopic (exact) mass is 439 g/mol. The zero-order chi connectivity index (χ0) is 22.1. The normalized spacial score (nSPS) is 14.2. The van der Waals surface area contributed by atoms with Crippen LogP contribution in [0, 0.1) is 16.7 Å². The molecule has 158 valence electrons. The van der Waals surface area contributed by atoms with Crippen LogP contribution in [0.1, 0.15) is 24.3 Å². The van der Waals surface area contributed by atoms with Gasteiger partial charge in [-0.3, -0.25) is 9.59 Å². The van der Waals surface area contributed by atoms with Gasteiger partial charge in [-0.1, -0.05) is 48.5 Å². The van der Waals surface area contributed by atoms with Gasteiger partial charge in [0.25, 0.3) is 0 Å². The zero-order valence-electron chi connectivity index (χ0n) is 17.4. The van der Waals surface area contributed by atoms with Gasteiger partial charge in [0, 0.05) is 6.42 Å². The Kier molecular flexibility index (Phi) is 5.20. The molecule has 1 N–H and O–H groups in total. The number of carbonyl (C=O) groups excluding carboxylic acids is 2. The first-order valence-electron chi connectivity index (χ1n) is 10.6. The van der Waals surface area contributed by atoms with Gasteiger partial charge in [0.05, 0.1) is 34.7 Å². The number of thiazole rings is 1. The van der Waals surface area contributed by atoms with Crippen LogP contribution in [0.5, 0.6) is 0 Å². The molecule has 5 nitrogen and oxygen atoms in total. The maximum atomic E-state index is 12.3. The number of hydrogen-bond acceptors (Lipinski definition) is 5. The topological polar surface area (TPSA) is 82.9 Å². The van der Waals surface area contributed by atoms with Gasteiger partial charge >= 0.3 is 0 Å². The minimum absolute atomic E-state index is 0.0294. The maximum absolute atomic E-state index is 12.3. The van der Waals surface area contributed by atoms with Gasteiger partial charge < -0.3 is 5.32 Å². The van der Waals surface area contributed by atoms with Crippen LogP contribution >= 0.6 is 11.3 Å². The fraction of sp³-hybridized carbons (Fsp3) is 0.231. The molecule has 1 aliphatic rings. The van der Waals surface area contributed by atoms with Crippen molar-refractivity contribution in [2.24, 2.45) is 5.41 Å². The molecule has 1 saturated carbocycles. The summed E-state index contributed by atoms with van der Waals surface area (Å²) in [7, 11) is 0. The third kappa shape index (κ3) is 4.12. The number of amides is 1. The molecule has 0 radical (unpaired) electrons. The molecule has 5 rings (SSSR count). The number of ketones is 1. The Morgan fingerprint density at radius 3 is 2.72 bits per heavy atom. The fourth-order valence-electron chi connectivity index (χ4n) is 4.01. The van der Waals surface area contributed by atoms with Crippen molar-refractivity contribution in [2.75, 3.05) is 6.54 Å². The number of nitriles is 1. The molecule has 0 bridgehead atoms. The van der Waals surface area contributed by atoms with E-state index in [1.165, 1.54) is 22.1 Å². The van der Waals surface area contributed by atoms with E-state index >= 15 is 0 Å². The molecule has 1 aromatic heterocycles. The Labute approximate surface area is 189 Å². The van der Waals surface area contributed by atoms with Crippen molar-refractivity contribution in [1.29, 1.82) is 5.26 Å². The van der Waals surface area contributed by atoms with E-state index in [0.29, 0.717) is 0 Å². The number of benzene rings is 3. The summed E-state index contributed by atoms with van der Waals surface area (Å²) in [5.41, 5.74) is 2.63. The lowest BCUT2D eigenvalue weighted by atomic mass is 9.98. The van der Waals surface area contributed by atoms with E-state index in [-0.39, 0.29) is 31.1 Å². The Morgan fingerprint density at radius 2 is 1.91 bits per heavy atom. The summed E-state index contributed by atoms with van der Waals surface area (Å²) < 4.78 is 1.03. The van der Waals surface area contributed by atoms with Gasteiger partial charge in [0.2, 0.25) is 5.91 Å². The van der Waals surface area contributed by atoms with Gasteiger partial charge in [-0.05, 0) is 46.9 Å². The number of hydrogen-bond donors (Lipinski definition) is 1. The second-order valence-electron chi connectivity index (χ2n) is 8.38. The van der Waals surface area contributed by atoms with Gasteiger partial charge in [-0.15, -0.1) is 11.3 Å². The first-order chi connectivity index (χ1) is 15.5. The third-order valence-corrected chi connectivity index (χ3v) is 6.99. The minimum Gasteiger partial charge on any atom is -0.349 e. The van der Waals surface area contributed by atoms with E-state index < -0.39 is 5.41 Å². The van der Waals surface area contributed by atoms with Crippen molar-refractivity contribution < 1.29 is 9.59 Å². The highest BCUT2D eigenvalue weighted by molar-refractivity contribution is 7.18. The van der Waals surface area contributed by atoms with Crippen LogP contribution < -0.4 is 5.32 Å². The lowest BCUT2D eigenvalue weighted by molar-refractivity contribution is -0.125. The van der Waals surface area contributed by atoms with Crippen LogP contribution in [0.3, 0.4) is 0 Å². The zero-order valence-corrected chi connectivity index (χ0v) is 18.2. The third-order valence-electron chi connectivity index (χ3n) is 5.95. The van der Waals surface area contributed by atoms with E-state index in [4.69, 9.17) is 5.26 Å². The molecule has 0 spiro atoms. The van der Waals surface area contributed by atoms with Crippen LogP contribution in [0.15, 0.2) is 60.7 Å². The van der Waals surface area contributed by atoms with Crippen LogP contribution in [0.25, 0.3) is 32.1 Å². The summed E-state index contributed by atoms with van der Waals surface area (Å²) >= 11 is 1.49. The standard InChI is InChI=1S/C26H21N3O2S/c27-16-26(10-11-26)14-19(30)15-28-24(31)13-25-29-22-12-18(8-9-23(22)32-25)21-7-3-5-17-4-1-2-6-20(17)21/h1-9,12H,10-11,13-15H2,(H,28,31). The van der Waals surface area contributed by atoms with Crippen molar-refractivity contribution in [3.05, 3.63) is 65.7 Å². The van der Waals surface area contributed by atoms with Crippen LogP contribution in [-0.2, 0) is 16.0 Å². The second kappa shape index (κ2) is 8.18. The van der Waals surface area contributed by atoms with Crippen molar-refractivity contribution in [3.8, 4) is 17.2 Å². The van der Waals surface area contributed by atoms with E-state index in [0.717, 1.165) is 39.2 Å². The summed E-state index contributed by atoms with van der Waals surface area (Å²) in [6.45, 7) is -0.0294. The average molecular weight is 440 g/mol. The van der Waals surface area contributed by atoms with Gasteiger partial charge in [0.15, 0.2) is 5.78 Å². The Balaban J connectivity index is 1.28. The number of aromatic nitrogens is 1. The molecule has 1 fully saturated rings. The maximum Gasteiger partial charge on any atom is 0.227 e. The quantitative estimate of drug-likeness (QED) is 0.437. The van der Waals surface area contributed by atoms with Crippen molar-refractivity contribution >= 4 is 44.0 Å². The molecule has 0 saturated heterocycles. The van der Waals surface area contributed by atoms with Crippen LogP contribution in [-0.4, -0.2) is 23.2 Å². The molecule has 0 aliphatic heterocycles. The Hall–Kier alpha value is -3.56. The number of carbonyl (C=O) groups is 2. The minimum atomic E-state index is -0.476. The van der Waals surface area contributed by atoms with Gasteiger partial charge in [0.1, 0.15) is 5.01 Å². The first kappa shape index (κ1) is 20.3. The highest BCUT2D eigenvalue weighted by Crippen LogP contribution is 2.48. The summed E-state index contributed by atoms with van der Waals surface area (Å²) in [5, 5.41) is 14.9. The molecule has 4 aromatic rings. The lowest BCUT2D eigenvalue weighted by Crippen LogP contribution is -2.31. The summed E-state index contributed by atoms with van der Waals surface area (Å²) in [6.07, 6.45) is 1.91. The Bertz CT molecular complexity index is 1390. The van der Waals surface area contributed by atoms with Crippen LogP contribution in [0.2, 0.25) is 0 Å². The van der Waals surface area contributed by atoms with E-state index in [9.17, 15) is 9.59 Å². The second-order valence-corrected chi connectivity index (χ2v) is 9.49. The number of fused-ring (bicyclic) bond motifs is 2. The van der Waals surface area contributed by atoms with Crippen LogP contribution in [0.4, 0.5) is 0 Å². The summed E-state index contributed by atoms with van der Waals surface area (Å²) in [6, 6.07) is 23.0. The number of nitrogens with one attached hydrogen (secondary N) is 1. The number of nitrogens with zero attached hydrogens (tertiary/aromatic N) is 2. The molecule has 0 unspecified atom stereocenters. The fourth-order valence-corrected chi connectivity index (χ4v) is 4.96. The average Bonchev–Trinajstić information content (AvgIpc) is 3.46. The van der Waals surface area contributed by atoms with Gasteiger partial charge in [-0.25, -0.2) is 4.98 Å². The van der Waals surface area contributed by atoms with E-state index in [1.807, 2.05) is 18.2 Å². The SMILES string of the molecule is N#CC1(CC(=O)CNC(=O)Cc2nc3cc(-c4cccc5ccccc45)ccc3s2)CC1. The number of rotatable bonds is 7. The molecule has 1 aliphatic carbocycles. The van der Waals surface area contributed by atoms with Gasteiger partial charge in [-0.2, -0.15) is 5.26 Å². The Morgan fingerprint density at radius 1 is 1.09 bits per heavy atom. The molecule has 0 atom stereocenters. The summed E-state index contributed by atoms with van der Waals surface area (Å²) in [5.74, 6) is -0.324. The predicted octanol–water partition coefficient (Wildman–Crippen LogP) is 5.04. The number of Topliss-reactive ketones (excluding diaryl/α,β-unsaturated/α-hetero) is 1. The predicted molar refractivity (Wildman–Crippen MR) is 126 cm³/mol. The molecular weight excluding hydrogens is 418 g/mol. The largest absolute Gasteiger partial charge is 0.349 e. The molecule has 1 heterocycles. The molecule has 1 amide bonds.